The average molecular weight is 284 g/mol. The Kier molecular flexibility index (Phi) is 4.10. The maximum absolute atomic E-state index is 12.2. The Morgan fingerprint density at radius 3 is 2.81 bits per heavy atom. The predicted octanol–water partition coefficient (Wildman–Crippen LogP) is 1.87. The summed E-state index contributed by atoms with van der Waals surface area (Å²) in [6.45, 7) is 0.597. The van der Waals surface area contributed by atoms with Crippen LogP contribution in [0.1, 0.15) is 31.2 Å². The van der Waals surface area contributed by atoms with Crippen LogP contribution in [0.4, 0.5) is 0 Å². The Balaban J connectivity index is 1.85. The summed E-state index contributed by atoms with van der Waals surface area (Å²) in [6.07, 6.45) is 6.71. The van der Waals surface area contributed by atoms with Crippen LogP contribution in [-0.4, -0.2) is 20.8 Å². The minimum Gasteiger partial charge on any atom is -0.310 e. The third-order valence-electron chi connectivity index (χ3n) is 4.00. The van der Waals surface area contributed by atoms with Crippen LogP contribution in [0.3, 0.4) is 0 Å². The first-order valence-corrected chi connectivity index (χ1v) is 7.46. The van der Waals surface area contributed by atoms with E-state index in [9.17, 15) is 4.79 Å². The molecule has 0 bridgehead atoms. The van der Waals surface area contributed by atoms with Crippen molar-refractivity contribution in [3.63, 3.8) is 0 Å². The first-order valence-electron chi connectivity index (χ1n) is 7.46. The third kappa shape index (κ3) is 3.19. The lowest BCUT2D eigenvalue weighted by molar-refractivity contribution is 0.518. The number of pyridine rings is 1. The molecule has 1 N–H and O–H groups in total. The molecule has 2 heterocycles. The number of aryl methyl sites for hydroxylation is 1. The van der Waals surface area contributed by atoms with Gasteiger partial charge < -0.3 is 5.32 Å². The number of hydrogen-bond donors (Lipinski definition) is 1. The minimum absolute atomic E-state index is 0.0415. The van der Waals surface area contributed by atoms with Crippen LogP contribution in [0.15, 0.2) is 35.3 Å². The highest BCUT2D eigenvalue weighted by Gasteiger charge is 2.15. The molecule has 1 saturated carbocycles. The molecule has 21 heavy (non-hydrogen) atoms. The van der Waals surface area contributed by atoms with Gasteiger partial charge in [0.05, 0.1) is 5.69 Å². The monoisotopic (exact) mass is 284 g/mol. The van der Waals surface area contributed by atoms with Crippen molar-refractivity contribution in [1.82, 2.24) is 20.1 Å². The van der Waals surface area contributed by atoms with Crippen LogP contribution >= 0.6 is 0 Å². The molecule has 1 aliphatic carbocycles. The topological polar surface area (TPSA) is 59.8 Å². The van der Waals surface area contributed by atoms with Crippen molar-refractivity contribution in [3.05, 3.63) is 46.4 Å². The molecule has 1 aliphatic rings. The fourth-order valence-corrected chi connectivity index (χ4v) is 2.82. The van der Waals surface area contributed by atoms with Crippen molar-refractivity contribution in [3.8, 4) is 11.4 Å². The minimum atomic E-state index is -0.0415. The van der Waals surface area contributed by atoms with Crippen molar-refractivity contribution in [2.45, 2.75) is 38.3 Å². The highest BCUT2D eigenvalue weighted by molar-refractivity contribution is 5.53. The summed E-state index contributed by atoms with van der Waals surface area (Å²) < 4.78 is 1.40. The quantitative estimate of drug-likeness (QED) is 0.931. The van der Waals surface area contributed by atoms with E-state index < -0.39 is 0 Å². The molecule has 0 unspecified atom stereocenters. The molecule has 1 fully saturated rings. The summed E-state index contributed by atoms with van der Waals surface area (Å²) in [5.41, 5.74) is 2.23. The van der Waals surface area contributed by atoms with Gasteiger partial charge in [-0.05, 0) is 31.0 Å². The van der Waals surface area contributed by atoms with E-state index in [-0.39, 0.29) is 5.56 Å². The van der Waals surface area contributed by atoms with Gasteiger partial charge in [-0.15, -0.1) is 0 Å². The first-order chi connectivity index (χ1) is 10.2. The van der Waals surface area contributed by atoms with Gasteiger partial charge in [0.15, 0.2) is 0 Å². The van der Waals surface area contributed by atoms with Gasteiger partial charge >= 0.3 is 0 Å². The Morgan fingerprint density at radius 2 is 2.10 bits per heavy atom. The van der Waals surface area contributed by atoms with Crippen molar-refractivity contribution in [1.29, 1.82) is 0 Å². The number of hydrogen-bond acceptors (Lipinski definition) is 4. The Hall–Kier alpha value is -2.01. The summed E-state index contributed by atoms with van der Waals surface area (Å²) in [6, 6.07) is 8.09. The molecule has 0 radical (unpaired) electrons. The summed E-state index contributed by atoms with van der Waals surface area (Å²) in [5, 5.41) is 7.78. The van der Waals surface area contributed by atoms with Gasteiger partial charge in [0.1, 0.15) is 5.69 Å². The normalized spacial score (nSPS) is 15.5. The lowest BCUT2D eigenvalue weighted by Gasteiger charge is -2.12. The van der Waals surface area contributed by atoms with E-state index >= 15 is 0 Å². The Bertz CT molecular complexity index is 660. The van der Waals surface area contributed by atoms with Gasteiger partial charge in [0.25, 0.3) is 5.56 Å². The van der Waals surface area contributed by atoms with Crippen LogP contribution in [0.5, 0.6) is 0 Å². The van der Waals surface area contributed by atoms with E-state index in [1.54, 1.807) is 13.2 Å². The fourth-order valence-electron chi connectivity index (χ4n) is 2.82. The van der Waals surface area contributed by atoms with Crippen LogP contribution in [-0.2, 0) is 13.6 Å². The van der Waals surface area contributed by atoms with Gasteiger partial charge in [-0.2, -0.15) is 5.10 Å². The van der Waals surface area contributed by atoms with Gasteiger partial charge in [-0.1, -0.05) is 18.9 Å². The fraction of sp³-hybridized carbons (Fsp3) is 0.438. The zero-order valence-corrected chi connectivity index (χ0v) is 12.2. The number of nitrogens with zero attached hydrogens (tertiary/aromatic N) is 3. The summed E-state index contributed by atoms with van der Waals surface area (Å²) in [4.78, 5) is 16.5. The highest BCUT2D eigenvalue weighted by Crippen LogP contribution is 2.18. The van der Waals surface area contributed by atoms with Crippen molar-refractivity contribution in [2.24, 2.45) is 7.05 Å². The third-order valence-corrected chi connectivity index (χ3v) is 4.00. The summed E-state index contributed by atoms with van der Waals surface area (Å²) in [7, 11) is 1.69. The van der Waals surface area contributed by atoms with E-state index in [1.165, 1.54) is 30.4 Å². The molecule has 5 heteroatoms. The second-order valence-electron chi connectivity index (χ2n) is 5.56. The second kappa shape index (κ2) is 6.18. The summed E-state index contributed by atoms with van der Waals surface area (Å²) >= 11 is 0. The molecule has 0 atom stereocenters. The van der Waals surface area contributed by atoms with E-state index in [0.29, 0.717) is 12.6 Å². The summed E-state index contributed by atoms with van der Waals surface area (Å²) in [5.74, 6) is 0. The Morgan fingerprint density at radius 1 is 1.29 bits per heavy atom. The van der Waals surface area contributed by atoms with Crippen LogP contribution < -0.4 is 10.9 Å². The molecular weight excluding hydrogens is 264 g/mol. The average Bonchev–Trinajstić information content (AvgIpc) is 3.03. The molecular formula is C16H20N4O. The molecule has 0 aromatic carbocycles. The van der Waals surface area contributed by atoms with E-state index in [2.05, 4.69) is 15.4 Å². The van der Waals surface area contributed by atoms with Crippen molar-refractivity contribution in [2.75, 3.05) is 0 Å². The molecule has 0 aliphatic heterocycles. The molecule has 0 saturated heterocycles. The van der Waals surface area contributed by atoms with E-state index in [1.807, 2.05) is 24.3 Å². The standard InChI is InChI=1S/C16H20N4O/c1-20-16(21)12(11-18-13-6-2-3-7-13)10-15(19-20)14-8-4-5-9-17-14/h4-5,8-10,13,18H,2-3,6-7,11H2,1H3. The van der Waals surface area contributed by atoms with Crippen molar-refractivity contribution >= 4 is 0 Å². The maximum atomic E-state index is 12.2. The number of nitrogens with one attached hydrogen (secondary N) is 1. The van der Waals surface area contributed by atoms with E-state index in [4.69, 9.17) is 0 Å². The van der Waals surface area contributed by atoms with Crippen LogP contribution in [0.25, 0.3) is 11.4 Å². The molecule has 5 nitrogen and oxygen atoms in total. The number of aromatic nitrogens is 3. The van der Waals surface area contributed by atoms with E-state index in [0.717, 1.165) is 17.0 Å². The molecule has 0 amide bonds. The van der Waals surface area contributed by atoms with Crippen molar-refractivity contribution < 1.29 is 0 Å². The molecule has 110 valence electrons. The lowest BCUT2D eigenvalue weighted by atomic mass is 10.2. The van der Waals surface area contributed by atoms with Crippen LogP contribution in [0.2, 0.25) is 0 Å². The smallest absolute Gasteiger partial charge is 0.271 e. The largest absolute Gasteiger partial charge is 0.310 e. The SMILES string of the molecule is Cn1nc(-c2ccccn2)cc(CNC2CCCC2)c1=O. The number of rotatable bonds is 4. The first kappa shape index (κ1) is 13.9. The molecule has 0 spiro atoms. The zero-order chi connectivity index (χ0) is 14.7. The van der Waals surface area contributed by atoms with Crippen LogP contribution in [0, 0.1) is 0 Å². The van der Waals surface area contributed by atoms with Gasteiger partial charge in [-0.25, -0.2) is 4.68 Å². The molecule has 2 aromatic heterocycles. The van der Waals surface area contributed by atoms with Gasteiger partial charge in [0.2, 0.25) is 0 Å². The van der Waals surface area contributed by atoms with Gasteiger partial charge in [0, 0.05) is 31.4 Å². The zero-order valence-electron chi connectivity index (χ0n) is 12.2. The predicted molar refractivity (Wildman–Crippen MR) is 81.8 cm³/mol. The maximum Gasteiger partial charge on any atom is 0.271 e. The molecule has 3 rings (SSSR count). The molecule has 2 aromatic rings. The van der Waals surface area contributed by atoms with Gasteiger partial charge in [-0.3, -0.25) is 9.78 Å². The second-order valence-corrected chi connectivity index (χ2v) is 5.56. The lowest BCUT2D eigenvalue weighted by Crippen LogP contribution is -2.31. The highest BCUT2D eigenvalue weighted by atomic mass is 16.1. The Labute approximate surface area is 124 Å².